The zero-order valence-electron chi connectivity index (χ0n) is 10.7. The van der Waals surface area contributed by atoms with E-state index in [0.29, 0.717) is 5.56 Å². The number of nitrogens with one attached hydrogen (secondary N) is 1. The average Bonchev–Trinajstić information content (AvgIpc) is 2.78. The van der Waals surface area contributed by atoms with Crippen LogP contribution in [0.4, 0.5) is 5.69 Å². The highest BCUT2D eigenvalue weighted by Crippen LogP contribution is 2.21. The number of anilines is 1. The summed E-state index contributed by atoms with van der Waals surface area (Å²) in [5, 5.41) is 20.1. The molecule has 1 atom stereocenters. The summed E-state index contributed by atoms with van der Waals surface area (Å²) in [6.07, 6.45) is 1.68. The van der Waals surface area contributed by atoms with Crippen molar-refractivity contribution in [1.82, 2.24) is 14.8 Å². The number of nitrogens with zero attached hydrogens (tertiary/aromatic N) is 4. The number of rotatable bonds is 3. The number of hydrogen-bond donors (Lipinski definition) is 1. The van der Waals surface area contributed by atoms with Crippen molar-refractivity contribution in [1.29, 1.82) is 5.26 Å². The van der Waals surface area contributed by atoms with E-state index in [1.807, 2.05) is 37.6 Å². The molecule has 0 spiro atoms. The van der Waals surface area contributed by atoms with Crippen molar-refractivity contribution < 1.29 is 0 Å². The monoisotopic (exact) mass is 241 g/mol. The summed E-state index contributed by atoms with van der Waals surface area (Å²) in [7, 11) is 1.92. The van der Waals surface area contributed by atoms with E-state index in [0.717, 1.165) is 17.1 Å². The van der Waals surface area contributed by atoms with Crippen LogP contribution in [0.3, 0.4) is 0 Å². The highest BCUT2D eigenvalue weighted by molar-refractivity contribution is 5.54. The van der Waals surface area contributed by atoms with Crippen LogP contribution in [0.5, 0.6) is 0 Å². The zero-order chi connectivity index (χ0) is 13.1. The maximum absolute atomic E-state index is 8.83. The van der Waals surface area contributed by atoms with Gasteiger partial charge >= 0.3 is 0 Å². The van der Waals surface area contributed by atoms with Crippen LogP contribution in [0.25, 0.3) is 0 Å². The van der Waals surface area contributed by atoms with Crippen LogP contribution in [0.1, 0.15) is 29.9 Å². The second-order valence-electron chi connectivity index (χ2n) is 4.31. The number of hydrogen-bond acceptors (Lipinski definition) is 4. The molecule has 0 fully saturated rings. The molecule has 1 aromatic carbocycles. The molecule has 0 saturated heterocycles. The lowest BCUT2D eigenvalue weighted by Gasteiger charge is -2.16. The van der Waals surface area contributed by atoms with E-state index in [1.54, 1.807) is 12.4 Å². The fourth-order valence-corrected chi connectivity index (χ4v) is 1.88. The van der Waals surface area contributed by atoms with Gasteiger partial charge in [0.15, 0.2) is 5.82 Å². The lowest BCUT2D eigenvalue weighted by Crippen LogP contribution is -2.12. The summed E-state index contributed by atoms with van der Waals surface area (Å²) in [5.41, 5.74) is 2.72. The molecule has 0 aliphatic heterocycles. The van der Waals surface area contributed by atoms with Crippen LogP contribution in [0.15, 0.2) is 24.5 Å². The van der Waals surface area contributed by atoms with Gasteiger partial charge < -0.3 is 9.88 Å². The van der Waals surface area contributed by atoms with Crippen LogP contribution in [-0.4, -0.2) is 14.8 Å². The highest BCUT2D eigenvalue weighted by Gasteiger charge is 2.12. The summed E-state index contributed by atoms with van der Waals surface area (Å²) >= 11 is 0. The average molecular weight is 241 g/mol. The molecule has 1 N–H and O–H groups in total. The predicted molar refractivity (Wildman–Crippen MR) is 68.9 cm³/mol. The Kier molecular flexibility index (Phi) is 3.28. The van der Waals surface area contributed by atoms with E-state index >= 15 is 0 Å². The molecule has 5 heteroatoms. The highest BCUT2D eigenvalue weighted by atomic mass is 15.3. The molecule has 0 saturated carbocycles. The number of aryl methyl sites for hydroxylation is 2. The van der Waals surface area contributed by atoms with E-state index in [9.17, 15) is 0 Å². The normalized spacial score (nSPS) is 11.9. The van der Waals surface area contributed by atoms with E-state index in [-0.39, 0.29) is 6.04 Å². The minimum Gasteiger partial charge on any atom is -0.375 e. The molecular weight excluding hydrogens is 226 g/mol. The molecule has 5 nitrogen and oxygen atoms in total. The van der Waals surface area contributed by atoms with Crippen LogP contribution >= 0.6 is 0 Å². The number of nitriles is 1. The van der Waals surface area contributed by atoms with Crippen molar-refractivity contribution in [2.75, 3.05) is 5.32 Å². The number of benzene rings is 1. The fraction of sp³-hybridized carbons (Fsp3) is 0.308. The summed E-state index contributed by atoms with van der Waals surface area (Å²) in [6.45, 7) is 4.01. The van der Waals surface area contributed by atoms with E-state index in [4.69, 9.17) is 5.26 Å². The van der Waals surface area contributed by atoms with Gasteiger partial charge in [0.25, 0.3) is 0 Å². The van der Waals surface area contributed by atoms with Gasteiger partial charge in [-0.2, -0.15) is 5.26 Å². The SMILES string of the molecule is Cc1cc(C#N)ccc1NC(C)c1nncn1C. The third-order valence-corrected chi connectivity index (χ3v) is 2.86. The topological polar surface area (TPSA) is 66.5 Å². The van der Waals surface area contributed by atoms with Crippen molar-refractivity contribution in [3.05, 3.63) is 41.5 Å². The molecule has 0 aliphatic carbocycles. The molecule has 1 unspecified atom stereocenters. The molecule has 2 aromatic rings. The van der Waals surface area contributed by atoms with Gasteiger partial charge in [0.1, 0.15) is 6.33 Å². The lowest BCUT2D eigenvalue weighted by molar-refractivity contribution is 0.719. The second-order valence-corrected chi connectivity index (χ2v) is 4.31. The van der Waals surface area contributed by atoms with Crippen molar-refractivity contribution in [2.45, 2.75) is 19.9 Å². The molecule has 0 aliphatic rings. The molecular formula is C13H15N5. The maximum atomic E-state index is 8.83. The fourth-order valence-electron chi connectivity index (χ4n) is 1.88. The van der Waals surface area contributed by atoms with Crippen molar-refractivity contribution >= 4 is 5.69 Å². The van der Waals surface area contributed by atoms with E-state index < -0.39 is 0 Å². The van der Waals surface area contributed by atoms with Crippen molar-refractivity contribution in [2.24, 2.45) is 7.05 Å². The zero-order valence-corrected chi connectivity index (χ0v) is 10.7. The molecule has 1 aromatic heterocycles. The quantitative estimate of drug-likeness (QED) is 0.894. The van der Waals surface area contributed by atoms with Crippen LogP contribution in [0.2, 0.25) is 0 Å². The molecule has 18 heavy (non-hydrogen) atoms. The molecule has 1 heterocycles. The van der Waals surface area contributed by atoms with Gasteiger partial charge in [0.2, 0.25) is 0 Å². The van der Waals surface area contributed by atoms with Gasteiger partial charge in [-0.25, -0.2) is 0 Å². The molecule has 92 valence electrons. The van der Waals surface area contributed by atoms with Gasteiger partial charge in [-0.15, -0.1) is 10.2 Å². The summed E-state index contributed by atoms with van der Waals surface area (Å²) in [4.78, 5) is 0. The third-order valence-electron chi connectivity index (χ3n) is 2.86. The standard InChI is InChI=1S/C13H15N5/c1-9-6-11(7-14)4-5-12(9)16-10(2)13-17-15-8-18(13)3/h4-6,8,10,16H,1-3H3. The second kappa shape index (κ2) is 4.88. The first kappa shape index (κ1) is 12.1. The van der Waals surface area contributed by atoms with Gasteiger partial charge in [-0.3, -0.25) is 0 Å². The number of aromatic nitrogens is 3. The Hall–Kier alpha value is -2.35. The van der Waals surface area contributed by atoms with Crippen LogP contribution < -0.4 is 5.32 Å². The first-order chi connectivity index (χ1) is 8.61. The Morgan fingerprint density at radius 1 is 1.44 bits per heavy atom. The minimum absolute atomic E-state index is 0.0594. The van der Waals surface area contributed by atoms with Gasteiger partial charge in [0.05, 0.1) is 17.7 Å². The van der Waals surface area contributed by atoms with Crippen molar-refractivity contribution in [3.8, 4) is 6.07 Å². The summed E-state index contributed by atoms with van der Waals surface area (Å²) < 4.78 is 1.89. The maximum Gasteiger partial charge on any atom is 0.154 e. The minimum atomic E-state index is 0.0594. The van der Waals surface area contributed by atoms with Gasteiger partial charge in [0, 0.05) is 12.7 Å². The van der Waals surface area contributed by atoms with E-state index in [1.165, 1.54) is 0 Å². The molecule has 0 radical (unpaired) electrons. The predicted octanol–water partition coefficient (Wildman–Crippen LogP) is 2.17. The first-order valence-electron chi connectivity index (χ1n) is 5.73. The Morgan fingerprint density at radius 2 is 2.22 bits per heavy atom. The Morgan fingerprint density at radius 3 is 2.78 bits per heavy atom. The van der Waals surface area contributed by atoms with Crippen LogP contribution in [-0.2, 0) is 7.05 Å². The van der Waals surface area contributed by atoms with Crippen LogP contribution in [0, 0.1) is 18.3 Å². The Bertz CT molecular complexity index is 594. The lowest BCUT2D eigenvalue weighted by atomic mass is 10.1. The largest absolute Gasteiger partial charge is 0.375 e. The van der Waals surface area contributed by atoms with Gasteiger partial charge in [-0.05, 0) is 37.6 Å². The summed E-state index contributed by atoms with van der Waals surface area (Å²) in [6, 6.07) is 7.78. The molecule has 2 rings (SSSR count). The smallest absolute Gasteiger partial charge is 0.154 e. The molecule has 0 bridgehead atoms. The Balaban J connectivity index is 2.20. The van der Waals surface area contributed by atoms with E-state index in [2.05, 4.69) is 21.6 Å². The van der Waals surface area contributed by atoms with Crippen molar-refractivity contribution in [3.63, 3.8) is 0 Å². The first-order valence-corrected chi connectivity index (χ1v) is 5.73. The Labute approximate surface area is 106 Å². The summed E-state index contributed by atoms with van der Waals surface area (Å²) in [5.74, 6) is 0.874. The van der Waals surface area contributed by atoms with Gasteiger partial charge in [-0.1, -0.05) is 0 Å². The third kappa shape index (κ3) is 2.33. The molecule has 0 amide bonds.